The predicted molar refractivity (Wildman–Crippen MR) is 124 cm³/mol. The number of ether oxygens (including phenoxy) is 2. The maximum absolute atomic E-state index is 11.1. The number of rotatable bonds is 2. The van der Waals surface area contributed by atoms with E-state index in [4.69, 9.17) is 9.47 Å². The first kappa shape index (κ1) is 22.2. The summed E-state index contributed by atoms with van der Waals surface area (Å²) in [5, 5.41) is 0. The summed E-state index contributed by atoms with van der Waals surface area (Å²) >= 11 is 0. The third kappa shape index (κ3) is 5.84. The largest absolute Gasteiger partial charge is 0.348 e. The molecule has 0 amide bonds. The molecule has 1 aliphatic heterocycles. The van der Waals surface area contributed by atoms with Gasteiger partial charge in [0.1, 0.15) is 5.78 Å². The SMILES string of the molecule is Cc1ccc(C2CCC(=O)CC2)cc1.Cc1ccc(C2CCC3(CC2)OCCO3)cc1. The van der Waals surface area contributed by atoms with Gasteiger partial charge in [-0.25, -0.2) is 0 Å². The van der Waals surface area contributed by atoms with Crippen LogP contribution in [0.2, 0.25) is 0 Å². The Morgan fingerprint density at radius 3 is 1.55 bits per heavy atom. The molecule has 3 heteroatoms. The number of carbonyl (C=O) groups excluding carboxylic acids is 1. The molecule has 2 aromatic rings. The van der Waals surface area contributed by atoms with E-state index in [1.807, 2.05) is 0 Å². The molecule has 31 heavy (non-hydrogen) atoms. The number of Topliss-reactive ketones (excluding diaryl/α,β-unsaturated/α-hetero) is 1. The zero-order valence-electron chi connectivity index (χ0n) is 19.1. The highest BCUT2D eigenvalue weighted by Gasteiger charge is 2.40. The topological polar surface area (TPSA) is 35.5 Å². The van der Waals surface area contributed by atoms with Gasteiger partial charge in [-0.3, -0.25) is 4.79 Å². The van der Waals surface area contributed by atoms with Gasteiger partial charge in [-0.1, -0.05) is 59.7 Å². The maximum Gasteiger partial charge on any atom is 0.168 e. The fourth-order valence-corrected chi connectivity index (χ4v) is 5.13. The molecular weight excluding hydrogens is 384 g/mol. The number of carbonyl (C=O) groups is 1. The summed E-state index contributed by atoms with van der Waals surface area (Å²) in [4.78, 5) is 11.1. The number of hydrogen-bond donors (Lipinski definition) is 0. The second-order valence-corrected chi connectivity index (χ2v) is 9.52. The first-order valence-corrected chi connectivity index (χ1v) is 12.0. The molecule has 2 aromatic carbocycles. The number of benzene rings is 2. The predicted octanol–water partition coefficient (Wildman–Crippen LogP) is 6.62. The van der Waals surface area contributed by atoms with Crippen molar-refractivity contribution in [3.63, 3.8) is 0 Å². The lowest BCUT2D eigenvalue weighted by Gasteiger charge is -2.35. The van der Waals surface area contributed by atoms with Crippen molar-refractivity contribution in [2.45, 2.75) is 82.8 Å². The lowest BCUT2D eigenvalue weighted by molar-refractivity contribution is -0.178. The van der Waals surface area contributed by atoms with Crippen LogP contribution < -0.4 is 0 Å². The van der Waals surface area contributed by atoms with E-state index >= 15 is 0 Å². The van der Waals surface area contributed by atoms with E-state index in [1.165, 1.54) is 35.1 Å². The Morgan fingerprint density at radius 2 is 1.10 bits per heavy atom. The van der Waals surface area contributed by atoms with Gasteiger partial charge in [-0.2, -0.15) is 0 Å². The quantitative estimate of drug-likeness (QED) is 0.548. The second kappa shape index (κ2) is 10.1. The summed E-state index contributed by atoms with van der Waals surface area (Å²) in [6, 6.07) is 17.7. The Bertz CT molecular complexity index is 827. The van der Waals surface area contributed by atoms with E-state index in [-0.39, 0.29) is 5.79 Å². The van der Waals surface area contributed by atoms with Gasteiger partial charge in [0, 0.05) is 25.7 Å². The third-order valence-corrected chi connectivity index (χ3v) is 7.20. The van der Waals surface area contributed by atoms with Crippen molar-refractivity contribution in [2.24, 2.45) is 0 Å². The van der Waals surface area contributed by atoms with Gasteiger partial charge in [0.2, 0.25) is 0 Å². The first-order valence-electron chi connectivity index (χ1n) is 12.0. The van der Waals surface area contributed by atoms with Crippen molar-refractivity contribution >= 4 is 5.78 Å². The highest BCUT2D eigenvalue weighted by atomic mass is 16.7. The smallest absolute Gasteiger partial charge is 0.168 e. The summed E-state index contributed by atoms with van der Waals surface area (Å²) in [5.74, 6) is 1.52. The fourth-order valence-electron chi connectivity index (χ4n) is 5.13. The summed E-state index contributed by atoms with van der Waals surface area (Å²) in [6.07, 6.45) is 8.10. The van der Waals surface area contributed by atoms with Crippen LogP contribution in [0.5, 0.6) is 0 Å². The average Bonchev–Trinajstić information content (AvgIpc) is 3.25. The average molecular weight is 421 g/mol. The number of ketones is 1. The summed E-state index contributed by atoms with van der Waals surface area (Å²) in [6.45, 7) is 5.79. The molecule has 0 N–H and O–H groups in total. The minimum Gasteiger partial charge on any atom is -0.348 e. The minimum absolute atomic E-state index is 0.221. The monoisotopic (exact) mass is 420 g/mol. The van der Waals surface area contributed by atoms with Crippen LogP contribution in [0.25, 0.3) is 0 Å². The van der Waals surface area contributed by atoms with Crippen molar-refractivity contribution in [3.8, 4) is 0 Å². The lowest BCUT2D eigenvalue weighted by atomic mass is 9.81. The van der Waals surface area contributed by atoms with Crippen LogP contribution in [0.3, 0.4) is 0 Å². The highest BCUT2D eigenvalue weighted by molar-refractivity contribution is 5.79. The molecule has 0 unspecified atom stereocenters. The number of aryl methyl sites for hydroxylation is 2. The minimum atomic E-state index is -0.221. The third-order valence-electron chi connectivity index (χ3n) is 7.20. The van der Waals surface area contributed by atoms with E-state index in [2.05, 4.69) is 62.4 Å². The summed E-state index contributed by atoms with van der Waals surface area (Å²) < 4.78 is 11.5. The first-order chi connectivity index (χ1) is 15.0. The lowest BCUT2D eigenvalue weighted by Crippen LogP contribution is -2.34. The summed E-state index contributed by atoms with van der Waals surface area (Å²) in [7, 11) is 0. The molecule has 1 spiro atoms. The van der Waals surface area contributed by atoms with E-state index in [1.54, 1.807) is 0 Å². The molecule has 3 aliphatic rings. The van der Waals surface area contributed by atoms with Crippen LogP contribution in [0.4, 0.5) is 0 Å². The maximum atomic E-state index is 11.1. The van der Waals surface area contributed by atoms with Crippen LogP contribution in [0, 0.1) is 13.8 Å². The second-order valence-electron chi connectivity index (χ2n) is 9.52. The molecule has 1 saturated heterocycles. The van der Waals surface area contributed by atoms with E-state index in [0.717, 1.165) is 51.7 Å². The van der Waals surface area contributed by atoms with Crippen molar-refractivity contribution in [2.75, 3.05) is 13.2 Å². The van der Waals surface area contributed by atoms with Gasteiger partial charge in [0.05, 0.1) is 13.2 Å². The van der Waals surface area contributed by atoms with Crippen molar-refractivity contribution in [1.82, 2.24) is 0 Å². The van der Waals surface area contributed by atoms with Gasteiger partial charge >= 0.3 is 0 Å². The Balaban J connectivity index is 0.000000152. The van der Waals surface area contributed by atoms with Crippen LogP contribution in [0.15, 0.2) is 48.5 Å². The molecule has 5 rings (SSSR count). The standard InChI is InChI=1S/C15H20O2.C13H16O/c1-12-2-4-13(5-3-12)14-6-8-15(9-7-14)16-10-11-17-15;1-10-2-4-11(5-3-10)12-6-8-13(14)9-7-12/h2-5,14H,6-11H2,1H3;2-5,12H,6-9H2,1H3. The van der Waals surface area contributed by atoms with E-state index in [0.29, 0.717) is 17.6 Å². The molecule has 0 radical (unpaired) electrons. The Kier molecular flexibility index (Phi) is 7.24. The van der Waals surface area contributed by atoms with Gasteiger partial charge < -0.3 is 9.47 Å². The molecule has 0 atom stereocenters. The van der Waals surface area contributed by atoms with Crippen LogP contribution in [-0.4, -0.2) is 24.8 Å². The zero-order valence-corrected chi connectivity index (χ0v) is 19.1. The Hall–Kier alpha value is -1.97. The van der Waals surface area contributed by atoms with Gasteiger partial charge in [-0.05, 0) is 62.5 Å². The molecule has 0 bridgehead atoms. The highest BCUT2D eigenvalue weighted by Crippen LogP contribution is 2.42. The van der Waals surface area contributed by atoms with Gasteiger partial charge in [0.15, 0.2) is 5.79 Å². The zero-order chi connectivity index (χ0) is 21.7. The molecular formula is C28H36O3. The molecule has 3 fully saturated rings. The van der Waals surface area contributed by atoms with Crippen LogP contribution >= 0.6 is 0 Å². The normalized spacial score (nSPS) is 21.7. The van der Waals surface area contributed by atoms with Crippen LogP contribution in [0.1, 0.15) is 85.5 Å². The molecule has 2 saturated carbocycles. The Morgan fingerprint density at radius 1 is 0.677 bits per heavy atom. The summed E-state index contributed by atoms with van der Waals surface area (Å²) in [5.41, 5.74) is 5.52. The van der Waals surface area contributed by atoms with Crippen LogP contribution in [-0.2, 0) is 14.3 Å². The fraction of sp³-hybridized carbons (Fsp3) is 0.536. The van der Waals surface area contributed by atoms with Crippen molar-refractivity contribution in [1.29, 1.82) is 0 Å². The molecule has 3 nitrogen and oxygen atoms in total. The van der Waals surface area contributed by atoms with Crippen molar-refractivity contribution < 1.29 is 14.3 Å². The molecule has 0 aromatic heterocycles. The molecule has 2 aliphatic carbocycles. The van der Waals surface area contributed by atoms with Crippen molar-refractivity contribution in [3.05, 3.63) is 70.8 Å². The van der Waals surface area contributed by atoms with E-state index in [9.17, 15) is 4.79 Å². The van der Waals surface area contributed by atoms with E-state index < -0.39 is 0 Å². The van der Waals surface area contributed by atoms with Gasteiger partial charge in [0.25, 0.3) is 0 Å². The van der Waals surface area contributed by atoms with Gasteiger partial charge in [-0.15, -0.1) is 0 Å². The molecule has 166 valence electrons. The Labute approximate surface area is 187 Å². The molecule has 1 heterocycles. The number of hydrogen-bond acceptors (Lipinski definition) is 3.